The molecule has 2 amide bonds. The monoisotopic (exact) mass is 694 g/mol. The Balaban J connectivity index is 0.00000148. The Morgan fingerprint density at radius 1 is 1.23 bits per heavy atom. The van der Waals surface area contributed by atoms with Crippen molar-refractivity contribution in [2.45, 2.75) is 109 Å². The first kappa shape index (κ1) is 40.4. The maximum atomic E-state index is 15.3. The van der Waals surface area contributed by atoms with Gasteiger partial charge in [-0.1, -0.05) is 40.5 Å². The number of fused-ring (bicyclic) bond motifs is 2. The number of carbonyl (C=O) groups is 3. The number of aryl methyl sites for hydroxylation is 1. The number of alkyl halides is 1. The second-order valence-corrected chi connectivity index (χ2v) is 13.9. The number of amides is 2. The summed E-state index contributed by atoms with van der Waals surface area (Å²) in [6.07, 6.45) is 7.18. The number of nitrogens with two attached hydrogens (primary N) is 1. The molecule has 1 aromatic heterocycles. The maximum absolute atomic E-state index is 15.3. The molecule has 1 saturated heterocycles. The van der Waals surface area contributed by atoms with E-state index in [2.05, 4.69) is 15.7 Å². The molecule has 1 aromatic carbocycles. The van der Waals surface area contributed by atoms with Gasteiger partial charge >= 0.3 is 0 Å². The average molecular weight is 695 g/mol. The molecule has 1 radical (unpaired) electrons. The number of hydrogen-bond donors (Lipinski definition) is 2. The summed E-state index contributed by atoms with van der Waals surface area (Å²) in [6.45, 7) is 7.91. The minimum Gasteiger partial charge on any atom is -0.497 e. The minimum atomic E-state index is -1.67. The van der Waals surface area contributed by atoms with Crippen LogP contribution in [0.15, 0.2) is 23.0 Å². The number of halogens is 1. The quantitative estimate of drug-likeness (QED) is 0.182. The number of rotatable bonds is 12. The third-order valence-electron chi connectivity index (χ3n) is 9.92. The molecule has 2 aromatic rings. The molecule has 261 valence electrons. The number of nitrogens with one attached hydrogen (secondary N) is 1. The Bertz CT molecular complexity index is 1420. The van der Waals surface area contributed by atoms with Gasteiger partial charge in [-0.15, -0.1) is 0 Å². The zero-order valence-electron chi connectivity index (χ0n) is 28.7. The molecule has 47 heavy (non-hydrogen) atoms. The van der Waals surface area contributed by atoms with Crippen molar-refractivity contribution in [3.63, 3.8) is 0 Å². The molecule has 10 nitrogen and oxygen atoms in total. The van der Waals surface area contributed by atoms with Gasteiger partial charge in [0.25, 0.3) is 11.5 Å². The fourth-order valence-corrected chi connectivity index (χ4v) is 7.28. The van der Waals surface area contributed by atoms with E-state index in [0.29, 0.717) is 47.4 Å². The zero-order chi connectivity index (χ0) is 32.9. The molecule has 2 aliphatic carbocycles. The molecule has 0 bridgehead atoms. The average Bonchev–Trinajstić information content (AvgIpc) is 3.56. The van der Waals surface area contributed by atoms with Gasteiger partial charge in [0.2, 0.25) is 6.41 Å². The normalized spacial score (nSPS) is 26.6. The number of unbranched alkanes of at least 4 members (excludes halogenated alkanes) is 2. The van der Waals surface area contributed by atoms with Crippen molar-refractivity contribution in [2.75, 3.05) is 13.7 Å². The number of aldehydes is 1. The van der Waals surface area contributed by atoms with Crippen LogP contribution in [0.2, 0.25) is 0 Å². The van der Waals surface area contributed by atoms with Gasteiger partial charge in [0, 0.05) is 37.6 Å². The summed E-state index contributed by atoms with van der Waals surface area (Å²) in [5.74, 6) is 2.10. The number of hydrogen-bond acceptors (Lipinski definition) is 7. The van der Waals surface area contributed by atoms with Gasteiger partial charge < -0.3 is 37.3 Å². The molecule has 7 atom stereocenters. The third kappa shape index (κ3) is 9.24. The Labute approximate surface area is 290 Å². The summed E-state index contributed by atoms with van der Waals surface area (Å²) in [6, 6.07) is 4.42. The van der Waals surface area contributed by atoms with Crippen molar-refractivity contribution in [1.29, 1.82) is 0 Å². The van der Waals surface area contributed by atoms with Crippen molar-refractivity contribution in [3.8, 4) is 5.75 Å². The van der Waals surface area contributed by atoms with Crippen LogP contribution in [0.3, 0.4) is 0 Å². The van der Waals surface area contributed by atoms with E-state index in [1.807, 2.05) is 32.9 Å². The molecule has 12 heteroatoms. The summed E-state index contributed by atoms with van der Waals surface area (Å²) in [5, 5.41) is 0. The van der Waals surface area contributed by atoms with Crippen LogP contribution in [0.1, 0.15) is 84.8 Å². The fourth-order valence-electron chi connectivity index (χ4n) is 7.28. The molecule has 2 heterocycles. The molecule has 4 unspecified atom stereocenters. The minimum absolute atomic E-state index is 0. The van der Waals surface area contributed by atoms with E-state index < -0.39 is 23.2 Å². The second-order valence-electron chi connectivity index (χ2n) is 13.9. The van der Waals surface area contributed by atoms with E-state index >= 15 is 4.39 Å². The Kier molecular flexibility index (Phi) is 14.7. The molecule has 3 aliphatic rings. The Morgan fingerprint density at radius 2 is 1.94 bits per heavy atom. The number of ether oxygens (including phenoxy) is 2. The van der Waals surface area contributed by atoms with Crippen LogP contribution >= 0.6 is 0 Å². The maximum Gasteiger partial charge on any atom is 0.270 e. The summed E-state index contributed by atoms with van der Waals surface area (Å²) >= 11 is 0. The van der Waals surface area contributed by atoms with E-state index in [1.54, 1.807) is 20.1 Å². The summed E-state index contributed by atoms with van der Waals surface area (Å²) in [5.41, 5.74) is 3.83. The van der Waals surface area contributed by atoms with Gasteiger partial charge in [0.15, 0.2) is 0 Å². The number of H-pyrrole nitrogens is 1. The third-order valence-corrected chi connectivity index (χ3v) is 9.92. The van der Waals surface area contributed by atoms with Crippen molar-refractivity contribution in [3.05, 3.63) is 41.7 Å². The molecule has 1 aliphatic heterocycles. The van der Waals surface area contributed by atoms with Crippen LogP contribution < -0.4 is 16.0 Å². The van der Waals surface area contributed by atoms with Gasteiger partial charge in [0.05, 0.1) is 24.2 Å². The predicted molar refractivity (Wildman–Crippen MR) is 176 cm³/mol. The van der Waals surface area contributed by atoms with E-state index in [1.165, 1.54) is 11.3 Å². The van der Waals surface area contributed by atoms with Crippen molar-refractivity contribution in [2.24, 2.45) is 28.9 Å². The molecular weight excluding hydrogens is 642 g/mol. The van der Waals surface area contributed by atoms with E-state index in [9.17, 15) is 14.4 Å². The summed E-state index contributed by atoms with van der Waals surface area (Å²) in [7, 11) is 1.59. The van der Waals surface area contributed by atoms with Crippen molar-refractivity contribution in [1.82, 2.24) is 14.9 Å². The largest absolute Gasteiger partial charge is 0.497 e. The Morgan fingerprint density at radius 3 is 2.55 bits per heavy atom. The second kappa shape index (κ2) is 17.1. The van der Waals surface area contributed by atoms with Gasteiger partial charge in [-0.2, -0.15) is 0 Å². The first-order valence-corrected chi connectivity index (χ1v) is 16.2. The van der Waals surface area contributed by atoms with Crippen LogP contribution in [0.25, 0.3) is 11.0 Å². The number of primary amides is 1. The van der Waals surface area contributed by atoms with Crippen LogP contribution in [0.5, 0.6) is 5.75 Å². The van der Waals surface area contributed by atoms with Crippen molar-refractivity contribution >= 4 is 29.6 Å². The standard InChI is InChI=1S/C33H46FN3O5.CH3NO.CH3.V/c1-6-33(34)14-15-37(28(33)19-38)31(40)29(32(2,3)4)42-27-17-20-16-23(20)22(27)10-8-7-9-11-25-30(39)36-26-18-21(41-5)12-13-24(26)35-25;2-1-3;;/h12-13,18-20,22-23,27-29H,6-11,14-17H2,1-5H3,(H,36,39);1H,(H2,2,3);1H3;/q;;-1;/t20?,22?,23?,27-,28?,29-,33+;;;/m1.../s1. The van der Waals surface area contributed by atoms with Crippen molar-refractivity contribution < 1.29 is 46.8 Å². The van der Waals surface area contributed by atoms with Gasteiger partial charge in [-0.3, -0.25) is 14.4 Å². The molecule has 2 saturated carbocycles. The smallest absolute Gasteiger partial charge is 0.270 e. The van der Waals surface area contributed by atoms with Crippen LogP contribution in [-0.2, 0) is 44.1 Å². The molecular formula is C35H52FN4O6V-. The molecule has 5 rings (SSSR count). The predicted octanol–water partition coefficient (Wildman–Crippen LogP) is 4.96. The number of benzene rings is 1. The van der Waals surface area contributed by atoms with Gasteiger partial charge in [0.1, 0.15) is 35.5 Å². The topological polar surface area (TPSA) is 145 Å². The van der Waals surface area contributed by atoms with E-state index in [4.69, 9.17) is 14.3 Å². The SMILES string of the molecule is CC[C@]1(F)CCN(C(=O)[C@@H](O[C@@H]2CC3CC3C2CCCCCc2nc3ccc(OC)cc3[nH]c2=O)C(C)(C)C)C1C=O.NC=O.[CH3-].[V]. The molecule has 3 fully saturated rings. The van der Waals surface area contributed by atoms with Crippen LogP contribution in [0.4, 0.5) is 4.39 Å². The number of methoxy groups -OCH3 is 1. The first-order valence-electron chi connectivity index (χ1n) is 16.2. The number of nitrogens with zero attached hydrogens (tertiary/aromatic N) is 2. The van der Waals surface area contributed by atoms with Gasteiger partial charge in [-0.05, 0) is 73.8 Å². The van der Waals surface area contributed by atoms with E-state index in [-0.39, 0.29) is 69.3 Å². The van der Waals surface area contributed by atoms with Crippen LogP contribution in [0, 0.1) is 30.6 Å². The molecule has 0 spiro atoms. The molecule has 3 N–H and O–H groups in total. The summed E-state index contributed by atoms with van der Waals surface area (Å²) < 4.78 is 27.2. The summed E-state index contributed by atoms with van der Waals surface area (Å²) in [4.78, 5) is 55.7. The van der Waals surface area contributed by atoms with Gasteiger partial charge in [-0.25, -0.2) is 9.37 Å². The fraction of sp³-hybridized carbons (Fsp3) is 0.657. The van der Waals surface area contributed by atoms with Crippen LogP contribution in [-0.4, -0.2) is 71.0 Å². The zero-order valence-corrected chi connectivity index (χ0v) is 30.1. The number of aromatic amines is 1. The van der Waals surface area contributed by atoms with E-state index in [0.717, 1.165) is 37.6 Å². The number of aromatic nitrogens is 2. The number of likely N-dealkylation sites (tertiary alicyclic amines) is 1. The first-order chi connectivity index (χ1) is 21.4. The number of carbonyl (C=O) groups excluding carboxylic acids is 3. The Hall–Kier alpha value is -2.76.